The number of hydrogen-bond acceptors (Lipinski definition) is 7. The van der Waals surface area contributed by atoms with E-state index in [9.17, 15) is 4.79 Å². The average Bonchev–Trinajstić information content (AvgIpc) is 2.94. The molecule has 21 heavy (non-hydrogen) atoms. The first kappa shape index (κ1) is 14.4. The van der Waals surface area contributed by atoms with Crippen molar-refractivity contribution in [1.29, 1.82) is 0 Å². The minimum atomic E-state index is -0.372. The first-order valence-electron chi connectivity index (χ1n) is 6.00. The molecule has 8 nitrogen and oxygen atoms in total. The molecule has 0 saturated heterocycles. The fraction of sp³-hybridized carbons (Fsp3) is 0.154. The molecular formula is C13H13N5O3. The molecule has 8 heteroatoms. The Morgan fingerprint density at radius 3 is 3.05 bits per heavy atom. The standard InChI is InChI=1S/C13H13N5O3/c1-9(19)20-8-11-3-2-10(21-11)6-17-18-13(14)12-7-15-4-5-16-12/h2-7H,8H2,1H3,(H2,14,18)/b17-6+. The lowest BCUT2D eigenvalue weighted by Gasteiger charge is -1.96. The van der Waals surface area contributed by atoms with Crippen LogP contribution < -0.4 is 5.73 Å². The number of amidine groups is 1. The van der Waals surface area contributed by atoms with Gasteiger partial charge in [0.1, 0.15) is 23.8 Å². The summed E-state index contributed by atoms with van der Waals surface area (Å²) in [7, 11) is 0. The van der Waals surface area contributed by atoms with Crippen molar-refractivity contribution in [2.75, 3.05) is 0 Å². The predicted octanol–water partition coefficient (Wildman–Crippen LogP) is 0.872. The number of ether oxygens (including phenoxy) is 1. The number of carbonyl (C=O) groups is 1. The van der Waals surface area contributed by atoms with Gasteiger partial charge in [-0.1, -0.05) is 0 Å². The number of carbonyl (C=O) groups excluding carboxylic acids is 1. The van der Waals surface area contributed by atoms with Gasteiger partial charge in [0.15, 0.2) is 5.84 Å². The van der Waals surface area contributed by atoms with Crippen molar-refractivity contribution in [2.24, 2.45) is 15.9 Å². The minimum Gasteiger partial charge on any atom is -0.458 e. The highest BCUT2D eigenvalue weighted by molar-refractivity contribution is 5.95. The van der Waals surface area contributed by atoms with Crippen LogP contribution in [0.3, 0.4) is 0 Å². The molecule has 2 N–H and O–H groups in total. The number of aromatic nitrogens is 2. The molecule has 0 spiro atoms. The van der Waals surface area contributed by atoms with E-state index in [0.29, 0.717) is 17.2 Å². The number of esters is 1. The van der Waals surface area contributed by atoms with Crippen LogP contribution in [0.25, 0.3) is 0 Å². The molecule has 108 valence electrons. The van der Waals surface area contributed by atoms with Gasteiger partial charge in [-0.05, 0) is 12.1 Å². The third-order valence-corrected chi connectivity index (χ3v) is 2.28. The first-order valence-corrected chi connectivity index (χ1v) is 6.00. The quantitative estimate of drug-likeness (QED) is 0.377. The van der Waals surface area contributed by atoms with Gasteiger partial charge in [0.05, 0.1) is 12.4 Å². The Kier molecular flexibility index (Phi) is 4.75. The summed E-state index contributed by atoms with van der Waals surface area (Å²) in [6.45, 7) is 1.41. The summed E-state index contributed by atoms with van der Waals surface area (Å²) in [5.41, 5.74) is 6.13. The predicted molar refractivity (Wildman–Crippen MR) is 74.5 cm³/mol. The van der Waals surface area contributed by atoms with Gasteiger partial charge in [0, 0.05) is 19.3 Å². The highest BCUT2D eigenvalue weighted by Crippen LogP contribution is 2.07. The molecule has 0 aliphatic heterocycles. The van der Waals surface area contributed by atoms with Crippen molar-refractivity contribution in [3.63, 3.8) is 0 Å². The number of hydrogen-bond donors (Lipinski definition) is 1. The van der Waals surface area contributed by atoms with Crippen LogP contribution in [0.15, 0.2) is 45.3 Å². The lowest BCUT2D eigenvalue weighted by Crippen LogP contribution is -2.14. The molecule has 0 atom stereocenters. The molecule has 2 aromatic heterocycles. The summed E-state index contributed by atoms with van der Waals surface area (Å²) in [4.78, 5) is 18.5. The first-order chi connectivity index (χ1) is 10.1. The van der Waals surface area contributed by atoms with E-state index in [1.165, 1.54) is 31.7 Å². The van der Waals surface area contributed by atoms with Crippen LogP contribution in [0.4, 0.5) is 0 Å². The molecule has 2 aromatic rings. The normalized spacial score (nSPS) is 11.8. The molecule has 0 amide bonds. The Balaban J connectivity index is 1.97. The van der Waals surface area contributed by atoms with Crippen LogP contribution in [0.5, 0.6) is 0 Å². The second-order valence-corrected chi connectivity index (χ2v) is 3.90. The van der Waals surface area contributed by atoms with Crippen LogP contribution in [-0.4, -0.2) is 28.0 Å². The number of nitrogens with two attached hydrogens (primary N) is 1. The molecule has 0 bridgehead atoms. The zero-order valence-electron chi connectivity index (χ0n) is 11.3. The fourth-order valence-electron chi connectivity index (χ4n) is 1.34. The Bertz CT molecular complexity index is 663. The maximum atomic E-state index is 10.7. The lowest BCUT2D eigenvalue weighted by atomic mass is 10.4. The smallest absolute Gasteiger partial charge is 0.303 e. The van der Waals surface area contributed by atoms with Crippen molar-refractivity contribution >= 4 is 18.0 Å². The molecular weight excluding hydrogens is 274 g/mol. The van der Waals surface area contributed by atoms with E-state index in [1.54, 1.807) is 12.1 Å². The average molecular weight is 287 g/mol. The summed E-state index contributed by atoms with van der Waals surface area (Å²) >= 11 is 0. The van der Waals surface area contributed by atoms with E-state index in [4.69, 9.17) is 14.9 Å². The van der Waals surface area contributed by atoms with Gasteiger partial charge in [0.25, 0.3) is 0 Å². The third-order valence-electron chi connectivity index (χ3n) is 2.28. The van der Waals surface area contributed by atoms with Crippen LogP contribution in [0, 0.1) is 0 Å². The zero-order valence-corrected chi connectivity index (χ0v) is 11.3. The number of rotatable bonds is 5. The number of furan rings is 1. The monoisotopic (exact) mass is 287 g/mol. The zero-order chi connectivity index (χ0) is 15.1. The van der Waals surface area contributed by atoms with Crippen molar-refractivity contribution < 1.29 is 13.9 Å². The Labute approximate surface area is 120 Å². The second kappa shape index (κ2) is 6.94. The molecule has 0 saturated carbocycles. The van der Waals surface area contributed by atoms with Gasteiger partial charge >= 0.3 is 5.97 Å². The second-order valence-electron chi connectivity index (χ2n) is 3.90. The van der Waals surface area contributed by atoms with Crippen molar-refractivity contribution in [1.82, 2.24) is 9.97 Å². The molecule has 0 aromatic carbocycles. The maximum Gasteiger partial charge on any atom is 0.303 e. The molecule has 2 rings (SSSR count). The van der Waals surface area contributed by atoms with E-state index in [-0.39, 0.29) is 18.4 Å². The van der Waals surface area contributed by atoms with E-state index in [1.807, 2.05) is 0 Å². The maximum absolute atomic E-state index is 10.7. The molecule has 0 fully saturated rings. The summed E-state index contributed by atoms with van der Waals surface area (Å²) < 4.78 is 10.2. The Hall–Kier alpha value is -3.03. The largest absolute Gasteiger partial charge is 0.458 e. The van der Waals surface area contributed by atoms with Crippen molar-refractivity contribution in [3.05, 3.63) is 47.9 Å². The highest BCUT2D eigenvalue weighted by Gasteiger charge is 2.02. The van der Waals surface area contributed by atoms with Crippen molar-refractivity contribution in [2.45, 2.75) is 13.5 Å². The van der Waals surface area contributed by atoms with Gasteiger partial charge in [-0.2, -0.15) is 5.10 Å². The molecule has 0 aliphatic carbocycles. The van der Waals surface area contributed by atoms with Gasteiger partial charge < -0.3 is 14.9 Å². The Morgan fingerprint density at radius 2 is 2.33 bits per heavy atom. The fourth-order valence-corrected chi connectivity index (χ4v) is 1.34. The highest BCUT2D eigenvalue weighted by atomic mass is 16.5. The van der Waals surface area contributed by atoms with Crippen LogP contribution in [0.1, 0.15) is 24.1 Å². The van der Waals surface area contributed by atoms with Crippen LogP contribution in [-0.2, 0) is 16.1 Å². The third kappa shape index (κ3) is 4.53. The van der Waals surface area contributed by atoms with E-state index >= 15 is 0 Å². The van der Waals surface area contributed by atoms with Gasteiger partial charge in [-0.3, -0.25) is 9.78 Å². The SMILES string of the molecule is CC(=O)OCc1ccc(/C=N/N=C(\N)c2cnccn2)o1. The van der Waals surface area contributed by atoms with Crippen molar-refractivity contribution in [3.8, 4) is 0 Å². The molecule has 0 radical (unpaired) electrons. The topological polar surface area (TPSA) is 116 Å². The summed E-state index contributed by atoms with van der Waals surface area (Å²) in [6, 6.07) is 3.36. The van der Waals surface area contributed by atoms with Gasteiger partial charge in [-0.15, -0.1) is 5.10 Å². The summed E-state index contributed by atoms with van der Waals surface area (Å²) in [5, 5.41) is 7.58. The lowest BCUT2D eigenvalue weighted by molar-refractivity contribution is -0.142. The Morgan fingerprint density at radius 1 is 1.48 bits per heavy atom. The summed E-state index contributed by atoms with van der Waals surface area (Å²) in [5.74, 6) is 0.749. The van der Waals surface area contributed by atoms with Crippen LogP contribution >= 0.6 is 0 Å². The van der Waals surface area contributed by atoms with E-state index in [0.717, 1.165) is 0 Å². The number of nitrogens with zero attached hydrogens (tertiary/aromatic N) is 4. The van der Waals surface area contributed by atoms with E-state index < -0.39 is 0 Å². The van der Waals surface area contributed by atoms with Crippen LogP contribution in [0.2, 0.25) is 0 Å². The minimum absolute atomic E-state index is 0.0776. The molecule has 0 unspecified atom stereocenters. The molecule has 0 aliphatic rings. The van der Waals surface area contributed by atoms with Gasteiger partial charge in [-0.25, -0.2) is 4.98 Å². The summed E-state index contributed by atoms with van der Waals surface area (Å²) in [6.07, 6.45) is 5.92. The van der Waals surface area contributed by atoms with E-state index in [2.05, 4.69) is 20.2 Å². The molecule has 2 heterocycles. The van der Waals surface area contributed by atoms with Gasteiger partial charge in [0.2, 0.25) is 0 Å².